The fourth-order valence-corrected chi connectivity index (χ4v) is 2.47. The number of hydrogen-bond acceptors (Lipinski definition) is 4. The predicted molar refractivity (Wildman–Crippen MR) is 63.2 cm³/mol. The first-order chi connectivity index (χ1) is 8.20. The summed E-state index contributed by atoms with van der Waals surface area (Å²) in [7, 11) is 0. The first-order valence-corrected chi connectivity index (χ1v) is 6.00. The Morgan fingerprint density at radius 1 is 1.59 bits per heavy atom. The molecule has 0 spiro atoms. The fraction of sp³-hybridized carbons (Fsp3) is 0.417. The third kappa shape index (κ3) is 1.64. The van der Waals surface area contributed by atoms with Crippen LogP contribution in [0.5, 0.6) is 0 Å². The second-order valence-electron chi connectivity index (χ2n) is 4.09. The second-order valence-corrected chi connectivity index (χ2v) is 4.53. The molecular weight excluding hydrogens is 242 g/mol. The van der Waals surface area contributed by atoms with E-state index in [1.165, 1.54) is 0 Å². The Morgan fingerprint density at radius 3 is 3.18 bits per heavy atom. The molecule has 5 heteroatoms. The van der Waals surface area contributed by atoms with Gasteiger partial charge in [-0.25, -0.2) is 5.06 Å². The van der Waals surface area contributed by atoms with E-state index in [1.54, 1.807) is 23.3 Å². The van der Waals surface area contributed by atoms with Crippen molar-refractivity contribution in [1.29, 1.82) is 0 Å². The molecule has 90 valence electrons. The lowest BCUT2D eigenvalue weighted by molar-refractivity contribution is 0.0168. The molecule has 1 aromatic carbocycles. The minimum absolute atomic E-state index is 0.0130. The summed E-state index contributed by atoms with van der Waals surface area (Å²) in [5.41, 5.74) is 1.36. The average Bonchev–Trinajstić information content (AvgIpc) is 2.68. The molecule has 2 bridgehead atoms. The highest BCUT2D eigenvalue weighted by Crippen LogP contribution is 2.39. The molecule has 17 heavy (non-hydrogen) atoms. The van der Waals surface area contributed by atoms with Crippen molar-refractivity contribution in [2.24, 2.45) is 0 Å². The van der Waals surface area contributed by atoms with Crippen LogP contribution in [0.2, 0.25) is 5.02 Å². The van der Waals surface area contributed by atoms with Gasteiger partial charge in [0.15, 0.2) is 18.1 Å². The Labute approximate surface area is 104 Å². The van der Waals surface area contributed by atoms with E-state index in [9.17, 15) is 4.79 Å². The molecule has 0 amide bonds. The van der Waals surface area contributed by atoms with Crippen molar-refractivity contribution in [3.05, 3.63) is 28.8 Å². The third-order valence-electron chi connectivity index (χ3n) is 3.03. The Hall–Kier alpha value is -1.10. The quantitative estimate of drug-likeness (QED) is 0.811. The molecular formula is C12H12ClNO3. The number of halogens is 1. The van der Waals surface area contributed by atoms with Gasteiger partial charge in [0.1, 0.15) is 0 Å². The number of benzene rings is 1. The van der Waals surface area contributed by atoms with Gasteiger partial charge in [-0.1, -0.05) is 11.6 Å². The van der Waals surface area contributed by atoms with E-state index in [0.29, 0.717) is 23.6 Å². The van der Waals surface area contributed by atoms with E-state index in [0.717, 1.165) is 5.69 Å². The monoisotopic (exact) mass is 253 g/mol. The minimum Gasteiger partial charge on any atom is -0.356 e. The van der Waals surface area contributed by atoms with Gasteiger partial charge in [0.05, 0.1) is 5.69 Å². The molecule has 2 atom stereocenters. The molecule has 0 aromatic heterocycles. The zero-order chi connectivity index (χ0) is 12.0. The summed E-state index contributed by atoms with van der Waals surface area (Å²) in [6.07, 6.45) is -0.0483. The number of nitrogens with zero attached hydrogens (tertiary/aromatic N) is 1. The van der Waals surface area contributed by atoms with Gasteiger partial charge in [0, 0.05) is 23.6 Å². The van der Waals surface area contributed by atoms with Gasteiger partial charge >= 0.3 is 0 Å². The molecule has 3 rings (SSSR count). The molecule has 4 nitrogen and oxygen atoms in total. The maximum Gasteiger partial charge on any atom is 0.196 e. The Kier molecular flexibility index (Phi) is 2.58. The summed E-state index contributed by atoms with van der Waals surface area (Å²) in [4.78, 5) is 17.7. The van der Waals surface area contributed by atoms with Crippen molar-refractivity contribution in [3.63, 3.8) is 0 Å². The van der Waals surface area contributed by atoms with Crippen LogP contribution in [0.1, 0.15) is 23.7 Å². The normalized spacial score (nSPS) is 26.2. The number of rotatable bonds is 2. The molecule has 0 unspecified atom stereocenters. The highest BCUT2D eigenvalue weighted by Gasteiger charge is 2.45. The molecule has 1 fully saturated rings. The molecule has 0 aliphatic carbocycles. The van der Waals surface area contributed by atoms with Gasteiger partial charge < -0.3 is 4.74 Å². The zero-order valence-corrected chi connectivity index (χ0v) is 10.1. The third-order valence-corrected chi connectivity index (χ3v) is 3.27. The van der Waals surface area contributed by atoms with Gasteiger partial charge in [-0.05, 0) is 25.1 Å². The maximum atomic E-state index is 12.1. The molecule has 0 radical (unpaired) electrons. The van der Waals surface area contributed by atoms with Crippen LogP contribution in [0.4, 0.5) is 5.69 Å². The van der Waals surface area contributed by atoms with Crippen LogP contribution >= 0.6 is 11.6 Å². The number of ether oxygens (including phenoxy) is 1. The highest BCUT2D eigenvalue weighted by molar-refractivity contribution is 6.31. The van der Waals surface area contributed by atoms with Gasteiger partial charge in [-0.2, -0.15) is 0 Å². The summed E-state index contributed by atoms with van der Waals surface area (Å²) in [6.45, 7) is 2.52. The van der Waals surface area contributed by atoms with Gasteiger partial charge in [-0.15, -0.1) is 0 Å². The Bertz CT molecular complexity index is 477. The van der Waals surface area contributed by atoms with Crippen LogP contribution in [0.3, 0.4) is 0 Å². The summed E-state index contributed by atoms with van der Waals surface area (Å²) in [5, 5.41) is 2.24. The summed E-state index contributed by atoms with van der Waals surface area (Å²) >= 11 is 5.91. The second kappa shape index (κ2) is 3.98. The lowest BCUT2D eigenvalue weighted by atomic mass is 10.0. The number of Topliss-reactive ketones (excluding diaryl/α,β-unsaturated/α-hetero) is 1. The van der Waals surface area contributed by atoms with Gasteiger partial charge in [0.25, 0.3) is 0 Å². The van der Waals surface area contributed by atoms with E-state index >= 15 is 0 Å². The fourth-order valence-electron chi connectivity index (χ4n) is 2.29. The first kappa shape index (κ1) is 11.0. The van der Waals surface area contributed by atoms with Crippen LogP contribution in [0.25, 0.3) is 0 Å². The summed E-state index contributed by atoms with van der Waals surface area (Å²) < 4.78 is 5.57. The van der Waals surface area contributed by atoms with E-state index in [2.05, 4.69) is 0 Å². The SMILES string of the molecule is CCO[C@H]1C[C@H]2ON1c1ccc(Cl)cc1C2=O. The van der Waals surface area contributed by atoms with Crippen molar-refractivity contribution in [2.75, 3.05) is 11.7 Å². The van der Waals surface area contributed by atoms with Crippen LogP contribution in [0, 0.1) is 0 Å². The van der Waals surface area contributed by atoms with E-state index in [4.69, 9.17) is 21.2 Å². The van der Waals surface area contributed by atoms with Crippen LogP contribution in [-0.4, -0.2) is 24.7 Å². The molecule has 2 aliphatic heterocycles. The molecule has 2 aliphatic rings. The minimum atomic E-state index is -0.433. The number of carbonyl (C=O) groups is 1. The van der Waals surface area contributed by atoms with Gasteiger partial charge in [-0.3, -0.25) is 9.63 Å². The first-order valence-electron chi connectivity index (χ1n) is 5.62. The largest absolute Gasteiger partial charge is 0.356 e. The number of anilines is 1. The van der Waals surface area contributed by atoms with Crippen molar-refractivity contribution in [1.82, 2.24) is 0 Å². The topological polar surface area (TPSA) is 38.8 Å². The van der Waals surface area contributed by atoms with Crippen molar-refractivity contribution >= 4 is 23.1 Å². The Balaban J connectivity index is 2.05. The van der Waals surface area contributed by atoms with E-state index in [-0.39, 0.29) is 12.0 Å². The van der Waals surface area contributed by atoms with Crippen molar-refractivity contribution in [2.45, 2.75) is 25.7 Å². The van der Waals surface area contributed by atoms with Crippen molar-refractivity contribution in [3.8, 4) is 0 Å². The Morgan fingerprint density at radius 2 is 2.41 bits per heavy atom. The van der Waals surface area contributed by atoms with Crippen molar-refractivity contribution < 1.29 is 14.4 Å². The molecule has 0 saturated carbocycles. The summed E-state index contributed by atoms with van der Waals surface area (Å²) in [6, 6.07) is 5.23. The average molecular weight is 254 g/mol. The smallest absolute Gasteiger partial charge is 0.196 e. The lowest BCUT2D eigenvalue weighted by Gasteiger charge is -2.28. The number of hydroxylamine groups is 1. The number of fused-ring (bicyclic) bond motifs is 4. The molecule has 2 heterocycles. The van der Waals surface area contributed by atoms with E-state index in [1.807, 2.05) is 6.92 Å². The number of ketones is 1. The maximum absolute atomic E-state index is 12.1. The summed E-state index contributed by atoms with van der Waals surface area (Å²) in [5.74, 6) is -0.0130. The van der Waals surface area contributed by atoms with Gasteiger partial charge in [0.2, 0.25) is 0 Å². The number of carbonyl (C=O) groups excluding carboxylic acids is 1. The standard InChI is InChI=1S/C12H12ClNO3/c1-2-16-11-6-10-12(15)8-5-7(13)3-4-9(8)14(11)17-10/h3-5,10-11H,2,6H2,1H3/t10-,11+/m1/s1. The van der Waals surface area contributed by atoms with Crippen LogP contribution < -0.4 is 5.06 Å². The van der Waals surface area contributed by atoms with E-state index < -0.39 is 6.10 Å². The lowest BCUT2D eigenvalue weighted by Crippen LogP contribution is -2.35. The molecule has 0 N–H and O–H groups in total. The number of hydrogen-bond donors (Lipinski definition) is 0. The predicted octanol–water partition coefficient (Wildman–Crippen LogP) is 2.41. The molecule has 1 saturated heterocycles. The molecule has 1 aromatic rings. The van der Waals surface area contributed by atoms with Crippen LogP contribution in [-0.2, 0) is 9.57 Å². The highest BCUT2D eigenvalue weighted by atomic mass is 35.5. The zero-order valence-electron chi connectivity index (χ0n) is 9.35. The van der Waals surface area contributed by atoms with Crippen LogP contribution in [0.15, 0.2) is 18.2 Å².